The van der Waals surface area contributed by atoms with Crippen LogP contribution in [0.1, 0.15) is 46.0 Å². The number of hydrogen-bond acceptors (Lipinski definition) is 2. The zero-order valence-electron chi connectivity index (χ0n) is 8.01. The molecule has 0 amide bonds. The number of rotatable bonds is 6. The van der Waals surface area contributed by atoms with Gasteiger partial charge in [-0.3, -0.25) is 4.79 Å². The Kier molecular flexibility index (Phi) is 10.8. The molecule has 0 saturated heterocycles. The van der Waals surface area contributed by atoms with Crippen molar-refractivity contribution in [3.05, 3.63) is 0 Å². The first-order chi connectivity index (χ1) is 5.18. The van der Waals surface area contributed by atoms with Crippen LogP contribution in [0.25, 0.3) is 0 Å². The molecule has 3 heteroatoms. The first-order valence-corrected chi connectivity index (χ1v) is 4.44. The number of halogens is 1. The van der Waals surface area contributed by atoms with E-state index in [1.165, 1.54) is 19.3 Å². The molecule has 0 aliphatic rings. The van der Waals surface area contributed by atoms with Crippen LogP contribution in [0.5, 0.6) is 0 Å². The molecule has 0 bridgehead atoms. The van der Waals surface area contributed by atoms with Crippen molar-refractivity contribution < 1.29 is 4.79 Å². The average molecular weight is 194 g/mol. The summed E-state index contributed by atoms with van der Waals surface area (Å²) in [6.45, 7) is 3.73. The number of hydrogen-bond donors (Lipinski definition) is 1. The lowest BCUT2D eigenvalue weighted by Gasteiger charge is -2.05. The van der Waals surface area contributed by atoms with Gasteiger partial charge in [0.05, 0.1) is 6.04 Å². The van der Waals surface area contributed by atoms with Crippen LogP contribution in [0, 0.1) is 0 Å². The lowest BCUT2D eigenvalue weighted by atomic mass is 10.1. The summed E-state index contributed by atoms with van der Waals surface area (Å²) in [5.74, 6) is 0.112. The predicted molar refractivity (Wildman–Crippen MR) is 54.7 cm³/mol. The highest BCUT2D eigenvalue weighted by atomic mass is 35.5. The van der Waals surface area contributed by atoms with Gasteiger partial charge in [-0.1, -0.05) is 32.6 Å². The second-order valence-electron chi connectivity index (χ2n) is 3.07. The third-order valence-corrected chi connectivity index (χ3v) is 1.89. The van der Waals surface area contributed by atoms with E-state index in [0.717, 1.165) is 12.8 Å². The minimum Gasteiger partial charge on any atom is -0.322 e. The zero-order valence-corrected chi connectivity index (χ0v) is 8.82. The molecule has 1 atom stereocenters. The second-order valence-corrected chi connectivity index (χ2v) is 3.07. The maximum atomic E-state index is 10.7. The Hall–Kier alpha value is -0.0800. The Morgan fingerprint density at radius 3 is 2.33 bits per heavy atom. The molecule has 0 aromatic rings. The molecular formula is C9H20ClNO. The molecule has 0 spiro atoms. The largest absolute Gasteiger partial charge is 0.322 e. The van der Waals surface area contributed by atoms with Crippen molar-refractivity contribution in [2.75, 3.05) is 0 Å². The summed E-state index contributed by atoms with van der Waals surface area (Å²) >= 11 is 0. The van der Waals surface area contributed by atoms with E-state index < -0.39 is 0 Å². The third-order valence-electron chi connectivity index (χ3n) is 1.89. The highest BCUT2D eigenvalue weighted by Gasteiger charge is 2.05. The van der Waals surface area contributed by atoms with E-state index in [4.69, 9.17) is 5.73 Å². The maximum absolute atomic E-state index is 10.7. The van der Waals surface area contributed by atoms with Crippen molar-refractivity contribution in [1.29, 1.82) is 0 Å². The summed E-state index contributed by atoms with van der Waals surface area (Å²) in [5.41, 5.74) is 5.55. The molecule has 2 N–H and O–H groups in total. The Balaban J connectivity index is 0. The van der Waals surface area contributed by atoms with Gasteiger partial charge in [-0.05, 0) is 13.3 Å². The van der Waals surface area contributed by atoms with Gasteiger partial charge in [-0.25, -0.2) is 0 Å². The summed E-state index contributed by atoms with van der Waals surface area (Å²) in [5, 5.41) is 0. The summed E-state index contributed by atoms with van der Waals surface area (Å²) in [6.07, 6.45) is 5.64. The van der Waals surface area contributed by atoms with Crippen LogP contribution < -0.4 is 5.73 Å². The fourth-order valence-corrected chi connectivity index (χ4v) is 0.994. The molecule has 0 heterocycles. The lowest BCUT2D eigenvalue weighted by Crippen LogP contribution is -2.27. The Morgan fingerprint density at radius 2 is 1.92 bits per heavy atom. The molecule has 0 saturated carbocycles. The van der Waals surface area contributed by atoms with Crippen molar-refractivity contribution in [2.45, 2.75) is 52.0 Å². The van der Waals surface area contributed by atoms with E-state index in [2.05, 4.69) is 6.92 Å². The van der Waals surface area contributed by atoms with E-state index in [1.807, 2.05) is 0 Å². The summed E-state index contributed by atoms with van der Waals surface area (Å²) < 4.78 is 0. The van der Waals surface area contributed by atoms with Gasteiger partial charge in [0.1, 0.15) is 5.78 Å². The van der Waals surface area contributed by atoms with E-state index in [0.29, 0.717) is 0 Å². The van der Waals surface area contributed by atoms with Crippen LogP contribution in [-0.2, 0) is 4.79 Å². The van der Waals surface area contributed by atoms with E-state index in [1.54, 1.807) is 6.92 Å². The molecule has 2 nitrogen and oxygen atoms in total. The fraction of sp³-hybridized carbons (Fsp3) is 0.889. The molecule has 0 radical (unpaired) electrons. The molecule has 12 heavy (non-hydrogen) atoms. The van der Waals surface area contributed by atoms with Gasteiger partial charge in [0.25, 0.3) is 0 Å². The number of unbranched alkanes of at least 4 members (excludes halogenated alkanes) is 3. The SMILES string of the molecule is CCCCCCC(N)C(C)=O.Cl. The third kappa shape index (κ3) is 8.02. The first kappa shape index (κ1) is 14.4. The summed E-state index contributed by atoms with van der Waals surface area (Å²) in [7, 11) is 0. The zero-order chi connectivity index (χ0) is 8.69. The Bertz CT molecular complexity index is 117. The highest BCUT2D eigenvalue weighted by Crippen LogP contribution is 2.04. The maximum Gasteiger partial charge on any atom is 0.146 e. The minimum atomic E-state index is -0.216. The van der Waals surface area contributed by atoms with E-state index in [9.17, 15) is 4.79 Å². The standard InChI is InChI=1S/C9H19NO.ClH/c1-3-4-5-6-7-9(10)8(2)11;/h9H,3-7,10H2,1-2H3;1H. The van der Waals surface area contributed by atoms with E-state index >= 15 is 0 Å². The lowest BCUT2D eigenvalue weighted by molar-refractivity contribution is -0.118. The topological polar surface area (TPSA) is 43.1 Å². The van der Waals surface area contributed by atoms with Gasteiger partial charge in [0, 0.05) is 0 Å². The summed E-state index contributed by atoms with van der Waals surface area (Å²) in [6, 6.07) is -0.216. The monoisotopic (exact) mass is 193 g/mol. The number of nitrogens with two attached hydrogens (primary N) is 1. The molecule has 0 fully saturated rings. The normalized spacial score (nSPS) is 11.9. The fourth-order valence-electron chi connectivity index (χ4n) is 0.994. The summed E-state index contributed by atoms with van der Waals surface area (Å²) in [4.78, 5) is 10.7. The molecule has 0 rings (SSSR count). The van der Waals surface area contributed by atoms with Gasteiger partial charge in [0.2, 0.25) is 0 Å². The van der Waals surface area contributed by atoms with Gasteiger partial charge < -0.3 is 5.73 Å². The number of Topliss-reactive ketones (excluding diaryl/α,β-unsaturated/α-hetero) is 1. The Morgan fingerprint density at radius 1 is 1.33 bits per heavy atom. The van der Waals surface area contributed by atoms with Crippen molar-refractivity contribution in [1.82, 2.24) is 0 Å². The number of carbonyl (C=O) groups excluding carboxylic acids is 1. The van der Waals surface area contributed by atoms with Crippen molar-refractivity contribution in [3.8, 4) is 0 Å². The van der Waals surface area contributed by atoms with Gasteiger partial charge >= 0.3 is 0 Å². The molecule has 1 unspecified atom stereocenters. The number of ketones is 1. The second kappa shape index (κ2) is 9.01. The quantitative estimate of drug-likeness (QED) is 0.658. The average Bonchev–Trinajstić information content (AvgIpc) is 1.97. The predicted octanol–water partition coefficient (Wildman–Crippen LogP) is 2.29. The molecule has 0 aromatic heterocycles. The van der Waals surface area contributed by atoms with Gasteiger partial charge in [-0.2, -0.15) is 0 Å². The van der Waals surface area contributed by atoms with Crippen molar-refractivity contribution in [2.24, 2.45) is 5.73 Å². The van der Waals surface area contributed by atoms with Crippen LogP contribution >= 0.6 is 12.4 Å². The van der Waals surface area contributed by atoms with Crippen LogP contribution in [-0.4, -0.2) is 11.8 Å². The van der Waals surface area contributed by atoms with Crippen LogP contribution in [0.15, 0.2) is 0 Å². The molecule has 74 valence electrons. The van der Waals surface area contributed by atoms with Crippen molar-refractivity contribution >= 4 is 18.2 Å². The Labute approximate surface area is 81.3 Å². The number of carbonyl (C=O) groups is 1. The van der Waals surface area contributed by atoms with Gasteiger partial charge in [-0.15, -0.1) is 12.4 Å². The van der Waals surface area contributed by atoms with Crippen LogP contribution in [0.4, 0.5) is 0 Å². The smallest absolute Gasteiger partial charge is 0.146 e. The molecule has 0 aromatic carbocycles. The highest BCUT2D eigenvalue weighted by molar-refractivity contribution is 5.85. The van der Waals surface area contributed by atoms with Gasteiger partial charge in [0.15, 0.2) is 0 Å². The van der Waals surface area contributed by atoms with Crippen molar-refractivity contribution in [3.63, 3.8) is 0 Å². The molecule has 0 aliphatic heterocycles. The van der Waals surface area contributed by atoms with Crippen LogP contribution in [0.2, 0.25) is 0 Å². The molecular weight excluding hydrogens is 174 g/mol. The minimum absolute atomic E-state index is 0. The van der Waals surface area contributed by atoms with Crippen LogP contribution in [0.3, 0.4) is 0 Å². The molecule has 0 aliphatic carbocycles. The first-order valence-electron chi connectivity index (χ1n) is 4.44. The van der Waals surface area contributed by atoms with E-state index in [-0.39, 0.29) is 24.2 Å².